The molecule has 0 bridgehead atoms. The maximum atomic E-state index is 14.0. The van der Waals surface area contributed by atoms with Crippen LogP contribution in [0.2, 0.25) is 0 Å². The number of piperidine rings is 1. The Morgan fingerprint density at radius 2 is 1.74 bits per heavy atom. The van der Waals surface area contributed by atoms with Crippen LogP contribution < -0.4 is 5.32 Å². The first-order chi connectivity index (χ1) is 16.2. The predicted octanol–water partition coefficient (Wildman–Crippen LogP) is 3.97. The molecule has 2 aliphatic rings. The summed E-state index contributed by atoms with van der Waals surface area (Å²) < 4.78 is 27.1. The second-order valence-corrected chi connectivity index (χ2v) is 9.80. The van der Waals surface area contributed by atoms with Crippen molar-refractivity contribution in [1.29, 1.82) is 0 Å². The van der Waals surface area contributed by atoms with E-state index in [2.05, 4.69) is 5.32 Å². The molecule has 2 fully saturated rings. The van der Waals surface area contributed by atoms with Gasteiger partial charge in [-0.05, 0) is 62.1 Å². The zero-order valence-corrected chi connectivity index (χ0v) is 20.0. The van der Waals surface area contributed by atoms with Crippen LogP contribution in [0.1, 0.15) is 34.3 Å². The standard InChI is InChI=1S/C25H27F2N3O3S/c1-15-3-5-19(11-16(15)2)28-23(31)22-13-34-14-30(22)24(32)17-7-9-29(10-8-17)25(33)20-6-4-18(26)12-21(20)27/h3-6,11-12,17,22H,7-10,13-14H2,1-2H3,(H,28,31). The minimum atomic E-state index is -0.894. The van der Waals surface area contributed by atoms with E-state index < -0.39 is 23.6 Å². The van der Waals surface area contributed by atoms with E-state index in [1.54, 1.807) is 4.90 Å². The van der Waals surface area contributed by atoms with Crippen molar-refractivity contribution in [3.63, 3.8) is 0 Å². The van der Waals surface area contributed by atoms with E-state index in [1.165, 1.54) is 16.7 Å². The SMILES string of the molecule is Cc1ccc(NC(=O)C2CSCN2C(=O)C2CCN(C(=O)c3ccc(F)cc3F)CC2)cc1C. The zero-order chi connectivity index (χ0) is 24.4. The third-order valence-corrected chi connectivity index (χ3v) is 7.55. The Labute approximate surface area is 201 Å². The minimum absolute atomic E-state index is 0.0923. The highest BCUT2D eigenvalue weighted by atomic mass is 32.2. The maximum absolute atomic E-state index is 14.0. The number of nitrogens with zero attached hydrogens (tertiary/aromatic N) is 2. The van der Waals surface area contributed by atoms with Gasteiger partial charge >= 0.3 is 0 Å². The summed E-state index contributed by atoms with van der Waals surface area (Å²) in [7, 11) is 0. The normalized spacial score (nSPS) is 18.8. The lowest BCUT2D eigenvalue weighted by atomic mass is 9.94. The summed E-state index contributed by atoms with van der Waals surface area (Å²) in [6.07, 6.45) is 0.861. The highest BCUT2D eigenvalue weighted by molar-refractivity contribution is 7.99. The van der Waals surface area contributed by atoms with E-state index in [9.17, 15) is 23.2 Å². The minimum Gasteiger partial charge on any atom is -0.339 e. The molecule has 0 aromatic heterocycles. The van der Waals surface area contributed by atoms with Crippen LogP contribution in [0.25, 0.3) is 0 Å². The molecule has 2 aromatic rings. The number of aryl methyl sites for hydroxylation is 2. The second-order valence-electron chi connectivity index (χ2n) is 8.80. The van der Waals surface area contributed by atoms with Gasteiger partial charge in [0.05, 0.1) is 11.4 Å². The number of hydrogen-bond acceptors (Lipinski definition) is 4. The van der Waals surface area contributed by atoms with Crippen LogP contribution in [0.3, 0.4) is 0 Å². The first-order valence-corrected chi connectivity index (χ1v) is 12.4. The zero-order valence-electron chi connectivity index (χ0n) is 19.1. The summed E-state index contributed by atoms with van der Waals surface area (Å²) in [6.45, 7) is 4.58. The van der Waals surface area contributed by atoms with Crippen LogP contribution in [0, 0.1) is 31.4 Å². The summed E-state index contributed by atoms with van der Waals surface area (Å²) in [5.74, 6) is -1.77. The molecule has 0 saturated carbocycles. The molecule has 0 spiro atoms. The van der Waals surface area contributed by atoms with E-state index in [0.29, 0.717) is 49.3 Å². The Morgan fingerprint density at radius 3 is 2.41 bits per heavy atom. The second kappa shape index (κ2) is 10.1. The lowest BCUT2D eigenvalue weighted by Gasteiger charge is -2.34. The number of amides is 3. The molecule has 0 aliphatic carbocycles. The molecule has 2 aliphatic heterocycles. The molecule has 180 valence electrons. The van der Waals surface area contributed by atoms with E-state index in [0.717, 1.165) is 23.3 Å². The third kappa shape index (κ3) is 5.09. The van der Waals surface area contributed by atoms with Crippen molar-refractivity contribution in [2.75, 3.05) is 30.0 Å². The lowest BCUT2D eigenvalue weighted by Crippen LogP contribution is -2.49. The molecule has 1 atom stereocenters. The smallest absolute Gasteiger partial charge is 0.256 e. The molecule has 2 aromatic carbocycles. The lowest BCUT2D eigenvalue weighted by molar-refractivity contribution is -0.140. The summed E-state index contributed by atoms with van der Waals surface area (Å²) in [5, 5.41) is 2.93. The molecule has 1 unspecified atom stereocenters. The molecular weight excluding hydrogens is 460 g/mol. The van der Waals surface area contributed by atoms with Crippen LogP contribution in [0.15, 0.2) is 36.4 Å². The van der Waals surface area contributed by atoms with E-state index in [1.807, 2.05) is 32.0 Å². The van der Waals surface area contributed by atoms with Gasteiger partial charge in [-0.25, -0.2) is 8.78 Å². The van der Waals surface area contributed by atoms with Crippen molar-refractivity contribution in [2.24, 2.45) is 5.92 Å². The summed E-state index contributed by atoms with van der Waals surface area (Å²) in [4.78, 5) is 41.9. The number of hydrogen-bond donors (Lipinski definition) is 1. The number of thioether (sulfide) groups is 1. The maximum Gasteiger partial charge on any atom is 0.256 e. The van der Waals surface area contributed by atoms with Crippen LogP contribution in [0.4, 0.5) is 14.5 Å². The molecule has 6 nitrogen and oxygen atoms in total. The number of benzene rings is 2. The molecule has 0 radical (unpaired) electrons. The monoisotopic (exact) mass is 487 g/mol. The van der Waals surface area contributed by atoms with Crippen molar-refractivity contribution in [2.45, 2.75) is 32.7 Å². The number of carbonyl (C=O) groups excluding carboxylic acids is 3. The van der Waals surface area contributed by atoms with Gasteiger partial charge in [0.15, 0.2) is 0 Å². The van der Waals surface area contributed by atoms with Gasteiger partial charge in [-0.15, -0.1) is 11.8 Å². The van der Waals surface area contributed by atoms with Crippen molar-refractivity contribution < 1.29 is 23.2 Å². The van der Waals surface area contributed by atoms with Crippen molar-refractivity contribution in [1.82, 2.24) is 9.80 Å². The van der Waals surface area contributed by atoms with Crippen LogP contribution in [-0.4, -0.2) is 58.3 Å². The quantitative estimate of drug-likeness (QED) is 0.709. The van der Waals surface area contributed by atoms with Gasteiger partial charge in [-0.3, -0.25) is 14.4 Å². The summed E-state index contributed by atoms with van der Waals surface area (Å²) in [5.41, 5.74) is 2.74. The first kappa shape index (κ1) is 24.2. The topological polar surface area (TPSA) is 69.7 Å². The highest BCUT2D eigenvalue weighted by Gasteiger charge is 2.39. The number of rotatable bonds is 4. The average molecular weight is 488 g/mol. The fourth-order valence-corrected chi connectivity index (χ4v) is 5.48. The molecular formula is C25H27F2N3O3S. The fourth-order valence-electron chi connectivity index (χ4n) is 4.32. The van der Waals surface area contributed by atoms with Crippen molar-refractivity contribution in [3.8, 4) is 0 Å². The number of carbonyl (C=O) groups is 3. The Morgan fingerprint density at radius 1 is 1.00 bits per heavy atom. The molecule has 3 amide bonds. The van der Waals surface area contributed by atoms with Gasteiger partial charge in [-0.1, -0.05) is 6.07 Å². The van der Waals surface area contributed by atoms with Gasteiger partial charge in [0.25, 0.3) is 5.91 Å². The van der Waals surface area contributed by atoms with E-state index >= 15 is 0 Å². The van der Waals surface area contributed by atoms with E-state index in [4.69, 9.17) is 0 Å². The molecule has 2 saturated heterocycles. The Hall–Kier alpha value is -2.94. The van der Waals surface area contributed by atoms with Crippen LogP contribution >= 0.6 is 11.8 Å². The third-order valence-electron chi connectivity index (χ3n) is 6.54. The average Bonchev–Trinajstić information content (AvgIpc) is 3.31. The van der Waals surface area contributed by atoms with E-state index in [-0.39, 0.29) is 23.3 Å². The predicted molar refractivity (Wildman–Crippen MR) is 127 cm³/mol. The Kier molecular flexibility index (Phi) is 7.21. The fraction of sp³-hybridized carbons (Fsp3) is 0.400. The molecule has 4 rings (SSSR count). The highest BCUT2D eigenvalue weighted by Crippen LogP contribution is 2.29. The van der Waals surface area contributed by atoms with Gasteiger partial charge in [0.1, 0.15) is 17.7 Å². The van der Waals surface area contributed by atoms with Gasteiger partial charge in [0, 0.05) is 36.5 Å². The van der Waals surface area contributed by atoms with Crippen molar-refractivity contribution >= 4 is 35.2 Å². The number of likely N-dealkylation sites (tertiary alicyclic amines) is 1. The molecule has 1 N–H and O–H groups in total. The van der Waals surface area contributed by atoms with Gasteiger partial charge in [-0.2, -0.15) is 0 Å². The Balaban J connectivity index is 1.35. The largest absolute Gasteiger partial charge is 0.339 e. The summed E-state index contributed by atoms with van der Waals surface area (Å²) >= 11 is 1.54. The van der Waals surface area contributed by atoms with Crippen molar-refractivity contribution in [3.05, 3.63) is 64.7 Å². The molecule has 34 heavy (non-hydrogen) atoms. The molecule has 9 heteroatoms. The van der Waals surface area contributed by atoms with Gasteiger partial charge < -0.3 is 15.1 Å². The van der Waals surface area contributed by atoms with Crippen LogP contribution in [0.5, 0.6) is 0 Å². The first-order valence-electron chi connectivity index (χ1n) is 11.2. The number of nitrogens with one attached hydrogen (secondary N) is 1. The molecule has 2 heterocycles. The number of halogens is 2. The Bertz CT molecular complexity index is 1120. The summed E-state index contributed by atoms with van der Waals surface area (Å²) in [6, 6.07) is 8.06. The van der Waals surface area contributed by atoms with Crippen LogP contribution in [-0.2, 0) is 9.59 Å². The number of anilines is 1. The van der Waals surface area contributed by atoms with Gasteiger partial charge in [0.2, 0.25) is 11.8 Å².